The molecule has 4 aromatic carbocycles. The minimum Gasteiger partial charge on any atom is -0.488 e. The van der Waals surface area contributed by atoms with E-state index in [4.69, 9.17) is 33.9 Å². The normalized spacial score (nSPS) is 11.7. The Morgan fingerprint density at radius 3 is 1.48 bits per heavy atom. The Labute approximate surface area is 390 Å². The first-order valence-electron chi connectivity index (χ1n) is 20.6. The number of hydrogen-bond donors (Lipinski definition) is 6. The summed E-state index contributed by atoms with van der Waals surface area (Å²) in [5.74, 6) is -2.57. The number of ether oxygens (including phenoxy) is 6. The first-order valence-corrected chi connectivity index (χ1v) is 22.7. The van der Waals surface area contributed by atoms with E-state index in [1.165, 1.54) is 13.2 Å². The van der Waals surface area contributed by atoms with E-state index in [-0.39, 0.29) is 25.5 Å². The molecule has 0 fully saturated rings. The molecule has 67 heavy (non-hydrogen) atoms. The molecule has 4 aromatic rings. The Hall–Kier alpha value is -6.56. The van der Waals surface area contributed by atoms with Gasteiger partial charge in [0, 0.05) is 16.7 Å². The van der Waals surface area contributed by atoms with Gasteiger partial charge in [-0.1, -0.05) is 91.0 Å². The maximum absolute atomic E-state index is 12.2. The Bertz CT molecular complexity index is 2280. The molecule has 19 heteroatoms. The first kappa shape index (κ1) is 56.6. The second-order valence-electron chi connectivity index (χ2n) is 16.1. The molecule has 0 radical (unpaired) electrons. The number of aliphatic hydroxyl groups is 4. The zero-order chi connectivity index (χ0) is 50.2. The molecule has 2 amide bonds. The van der Waals surface area contributed by atoms with E-state index in [1.807, 2.05) is 66.0 Å². The molecule has 0 saturated heterocycles. The molecular weight excluding hydrogens is 891 g/mol. The number of nitrogens with one attached hydrogen (secondary N) is 2. The lowest BCUT2D eigenvalue weighted by molar-refractivity contribution is -0.141. The van der Waals surface area contributed by atoms with Crippen LogP contribution in [-0.4, -0.2) is 94.7 Å². The van der Waals surface area contributed by atoms with Crippen LogP contribution in [0.1, 0.15) is 79.7 Å². The number of amides is 2. The molecule has 4 rings (SSSR count). The summed E-state index contributed by atoms with van der Waals surface area (Å²) < 4.78 is 42.9. The minimum atomic E-state index is -3.76. The summed E-state index contributed by atoms with van der Waals surface area (Å²) >= 11 is 0. The fourth-order valence-electron chi connectivity index (χ4n) is 5.41. The van der Waals surface area contributed by atoms with Crippen molar-refractivity contribution in [2.75, 3.05) is 26.9 Å². The molecule has 6 N–H and O–H groups in total. The third kappa shape index (κ3) is 19.8. The zero-order valence-electron chi connectivity index (χ0n) is 38.8. The lowest BCUT2D eigenvalue weighted by Gasteiger charge is -2.25. The average Bonchev–Trinajstić information content (AvgIpc) is 3.30. The van der Waals surface area contributed by atoms with E-state index in [9.17, 15) is 38.8 Å². The van der Waals surface area contributed by atoms with Crippen molar-refractivity contribution in [2.24, 2.45) is 0 Å². The van der Waals surface area contributed by atoms with Crippen molar-refractivity contribution in [2.45, 2.75) is 85.0 Å². The third-order valence-corrected chi connectivity index (χ3v) is 10.8. The number of rotatable bonds is 17. The van der Waals surface area contributed by atoms with Crippen LogP contribution < -0.4 is 20.1 Å². The number of methoxy groups -OCH3 is 2. The fourth-order valence-corrected chi connectivity index (χ4v) is 6.66. The summed E-state index contributed by atoms with van der Waals surface area (Å²) in [6, 6.07) is 29.5. The van der Waals surface area contributed by atoms with Crippen molar-refractivity contribution in [3.8, 4) is 11.5 Å². The number of para-hydroxylation sites is 2. The molecule has 0 aliphatic carbocycles. The highest BCUT2D eigenvalue weighted by molar-refractivity contribution is 7.65. The van der Waals surface area contributed by atoms with E-state index in [0.717, 1.165) is 24.5 Å². The molecule has 0 spiro atoms. The van der Waals surface area contributed by atoms with Crippen LogP contribution in [0, 0.1) is 0 Å². The van der Waals surface area contributed by atoms with Gasteiger partial charge in [-0.05, 0) is 64.8 Å². The standard InChI is InChI=1S/C23H27NO6.C15H14O3.C10H20NO7P/c1-23(2,3)30-22(27)24-19(21(26)28-4)13-17-11-8-12-18(14-25)20(17)29-15-16-9-6-5-7-10-16;16-9-13-7-4-8-14(10-17)15(13)18-11-12-5-2-1-3-6-12;1-10(2,3)18-9(15)11-7(8(14)17-4)19(16,5-12)6-13/h5-13,25H,14-15H2,1-4H3,(H,24,27);1-9,17H,10-11H2;7,12-13H,5-6H2,1-4H3,(H,11,15)/b19-13-;;. The van der Waals surface area contributed by atoms with Crippen molar-refractivity contribution in [1.29, 1.82) is 0 Å². The summed E-state index contributed by atoms with van der Waals surface area (Å²) in [6.45, 7) is 10.2. The largest absolute Gasteiger partial charge is 0.488 e. The van der Waals surface area contributed by atoms with Gasteiger partial charge in [0.2, 0.25) is 0 Å². The summed E-state index contributed by atoms with van der Waals surface area (Å²) in [5.41, 5.74) is 2.41. The number of carbonyl (C=O) groups is 5. The Morgan fingerprint density at radius 1 is 0.627 bits per heavy atom. The minimum absolute atomic E-state index is 0.119. The van der Waals surface area contributed by atoms with Crippen LogP contribution >= 0.6 is 7.14 Å². The highest BCUT2D eigenvalue weighted by Gasteiger charge is 2.40. The van der Waals surface area contributed by atoms with E-state index < -0.39 is 60.9 Å². The van der Waals surface area contributed by atoms with Crippen molar-refractivity contribution in [3.05, 3.63) is 136 Å². The number of aliphatic hydroxyl groups excluding tert-OH is 4. The van der Waals surface area contributed by atoms with Crippen LogP contribution in [0.15, 0.2) is 103 Å². The zero-order valence-corrected chi connectivity index (χ0v) is 39.7. The van der Waals surface area contributed by atoms with Crippen LogP contribution in [0.2, 0.25) is 0 Å². The monoisotopic (exact) mass is 952 g/mol. The van der Waals surface area contributed by atoms with Gasteiger partial charge in [0.1, 0.15) is 54.3 Å². The highest BCUT2D eigenvalue weighted by atomic mass is 31.2. The summed E-state index contributed by atoms with van der Waals surface area (Å²) in [7, 11) is -1.51. The quantitative estimate of drug-likeness (QED) is 0.0213. The summed E-state index contributed by atoms with van der Waals surface area (Å²) in [6.07, 6.45) is -1.51. The molecule has 0 heterocycles. The van der Waals surface area contributed by atoms with Gasteiger partial charge in [0.05, 0.1) is 33.0 Å². The smallest absolute Gasteiger partial charge is 0.412 e. The molecule has 1 atom stereocenters. The van der Waals surface area contributed by atoms with Crippen LogP contribution in [0.4, 0.5) is 9.59 Å². The molecule has 0 aromatic heterocycles. The maximum Gasteiger partial charge on any atom is 0.412 e. The second kappa shape index (κ2) is 27.8. The molecule has 0 aliphatic heterocycles. The summed E-state index contributed by atoms with van der Waals surface area (Å²) in [4.78, 5) is 58.3. The van der Waals surface area contributed by atoms with Crippen molar-refractivity contribution in [1.82, 2.24) is 10.6 Å². The lowest BCUT2D eigenvalue weighted by atomic mass is 10.1. The van der Waals surface area contributed by atoms with E-state index in [0.29, 0.717) is 40.4 Å². The van der Waals surface area contributed by atoms with Gasteiger partial charge in [0.15, 0.2) is 19.2 Å². The van der Waals surface area contributed by atoms with Crippen LogP contribution in [0.5, 0.6) is 11.5 Å². The van der Waals surface area contributed by atoms with Gasteiger partial charge in [0.25, 0.3) is 0 Å². The molecule has 0 saturated carbocycles. The number of carbonyl (C=O) groups excluding carboxylic acids is 5. The average molecular weight is 953 g/mol. The van der Waals surface area contributed by atoms with Crippen LogP contribution in [0.3, 0.4) is 0 Å². The Kier molecular flexibility index (Phi) is 23.5. The molecule has 18 nitrogen and oxygen atoms in total. The maximum atomic E-state index is 12.2. The predicted molar refractivity (Wildman–Crippen MR) is 248 cm³/mol. The Morgan fingerprint density at radius 2 is 1.07 bits per heavy atom. The van der Waals surface area contributed by atoms with E-state index in [1.54, 1.807) is 77.9 Å². The molecule has 0 bridgehead atoms. The van der Waals surface area contributed by atoms with Crippen molar-refractivity contribution >= 4 is 43.6 Å². The number of aldehydes is 1. The third-order valence-electron chi connectivity index (χ3n) is 8.54. The first-order chi connectivity index (χ1) is 31.7. The second-order valence-corrected chi connectivity index (χ2v) is 19.1. The lowest BCUT2D eigenvalue weighted by Crippen LogP contribution is -2.44. The van der Waals surface area contributed by atoms with Gasteiger partial charge < -0.3 is 58.7 Å². The van der Waals surface area contributed by atoms with Crippen LogP contribution in [0.25, 0.3) is 6.08 Å². The van der Waals surface area contributed by atoms with Crippen LogP contribution in [-0.2, 0) is 59.5 Å². The van der Waals surface area contributed by atoms with E-state index in [2.05, 4.69) is 10.1 Å². The molecule has 0 aliphatic rings. The van der Waals surface area contributed by atoms with E-state index >= 15 is 0 Å². The number of esters is 2. The predicted octanol–water partition coefficient (Wildman–Crippen LogP) is 6.64. The van der Waals surface area contributed by atoms with Crippen molar-refractivity contribution < 1.29 is 77.4 Å². The molecular formula is C48H61N2O16P. The molecule has 364 valence electrons. The van der Waals surface area contributed by atoms with Gasteiger partial charge in [-0.25, -0.2) is 19.2 Å². The van der Waals surface area contributed by atoms with Crippen molar-refractivity contribution in [3.63, 3.8) is 0 Å². The number of benzene rings is 4. The van der Waals surface area contributed by atoms with Gasteiger partial charge in [-0.2, -0.15) is 0 Å². The summed E-state index contributed by atoms with van der Waals surface area (Å²) in [5, 5.41) is 41.5. The SMILES string of the molecule is COC(=O)/C(=C/c1cccc(CO)c1OCc1ccccc1)NC(=O)OC(C)(C)C.COC(=O)C(NC(=O)OC(C)(C)C)P(=O)(CO)CO.O=Cc1cccc(CO)c1OCc1ccccc1. The van der Waals surface area contributed by atoms with Gasteiger partial charge in [-0.15, -0.1) is 0 Å². The van der Waals surface area contributed by atoms with Gasteiger partial charge >= 0.3 is 24.1 Å². The number of alkyl carbamates (subject to hydrolysis) is 2. The fraction of sp³-hybridized carbons (Fsp3) is 0.354. The number of hydrogen-bond acceptors (Lipinski definition) is 16. The topological polar surface area (TPSA) is 263 Å². The Balaban J connectivity index is 0.000000363. The molecule has 1 unspecified atom stereocenters. The van der Waals surface area contributed by atoms with Gasteiger partial charge in [-0.3, -0.25) is 10.1 Å². The highest BCUT2D eigenvalue weighted by Crippen LogP contribution is 2.48.